The largest absolute Gasteiger partial charge is 0.495 e. The van der Waals surface area contributed by atoms with Crippen molar-refractivity contribution in [3.8, 4) is 5.75 Å². The number of carbonyl (C=O) groups is 3. The standard InChI is InChI=1S/C16H21ClN2O5/c1-24-13-7-6-11(17)10-12(13)19-15(21)8-9-18-14(20)4-2-3-5-16(22)23/h6-7,10H,2-5,8-9H2,1H3,(H,18,20)(H,19,21)(H,22,23). The van der Waals surface area contributed by atoms with Gasteiger partial charge in [-0.3, -0.25) is 14.4 Å². The lowest BCUT2D eigenvalue weighted by atomic mass is 10.2. The molecule has 0 aromatic heterocycles. The third-order valence-corrected chi connectivity index (χ3v) is 3.39. The van der Waals surface area contributed by atoms with Crippen molar-refractivity contribution < 1.29 is 24.2 Å². The minimum atomic E-state index is -0.872. The van der Waals surface area contributed by atoms with Gasteiger partial charge in [0.25, 0.3) is 0 Å². The van der Waals surface area contributed by atoms with Gasteiger partial charge >= 0.3 is 5.97 Å². The number of nitrogens with one attached hydrogen (secondary N) is 2. The van der Waals surface area contributed by atoms with Gasteiger partial charge in [0.1, 0.15) is 5.75 Å². The predicted octanol–water partition coefficient (Wildman–Crippen LogP) is 2.44. The lowest BCUT2D eigenvalue weighted by Gasteiger charge is -2.11. The van der Waals surface area contributed by atoms with Crippen molar-refractivity contribution in [3.63, 3.8) is 0 Å². The number of aliphatic carboxylic acids is 1. The number of hydrogen-bond donors (Lipinski definition) is 3. The van der Waals surface area contributed by atoms with Crippen LogP contribution in [0.25, 0.3) is 0 Å². The van der Waals surface area contributed by atoms with E-state index in [0.29, 0.717) is 29.3 Å². The van der Waals surface area contributed by atoms with Gasteiger partial charge in [-0.15, -0.1) is 0 Å². The summed E-state index contributed by atoms with van der Waals surface area (Å²) >= 11 is 5.88. The first-order valence-corrected chi connectivity index (χ1v) is 7.92. The Morgan fingerprint density at radius 1 is 1.12 bits per heavy atom. The van der Waals surface area contributed by atoms with Crippen molar-refractivity contribution in [2.75, 3.05) is 19.0 Å². The quantitative estimate of drug-likeness (QED) is 0.558. The van der Waals surface area contributed by atoms with Gasteiger partial charge in [-0.2, -0.15) is 0 Å². The molecule has 0 fully saturated rings. The summed E-state index contributed by atoms with van der Waals surface area (Å²) < 4.78 is 5.13. The van der Waals surface area contributed by atoms with Gasteiger partial charge in [-0.25, -0.2) is 0 Å². The molecule has 1 rings (SSSR count). The van der Waals surface area contributed by atoms with Gasteiger partial charge in [0.15, 0.2) is 0 Å². The van der Waals surface area contributed by atoms with Crippen LogP contribution < -0.4 is 15.4 Å². The molecule has 1 aromatic rings. The Hall–Kier alpha value is -2.28. The van der Waals surface area contributed by atoms with Crippen molar-refractivity contribution in [2.24, 2.45) is 0 Å². The van der Waals surface area contributed by atoms with Crippen molar-refractivity contribution in [1.82, 2.24) is 5.32 Å². The third kappa shape index (κ3) is 7.82. The molecule has 0 atom stereocenters. The fraction of sp³-hybridized carbons (Fsp3) is 0.438. The van der Waals surface area contributed by atoms with Gasteiger partial charge in [0.05, 0.1) is 12.8 Å². The highest BCUT2D eigenvalue weighted by Crippen LogP contribution is 2.27. The van der Waals surface area contributed by atoms with Crippen molar-refractivity contribution in [1.29, 1.82) is 0 Å². The van der Waals surface area contributed by atoms with Crippen LogP contribution in [0.3, 0.4) is 0 Å². The highest BCUT2D eigenvalue weighted by Gasteiger charge is 2.09. The summed E-state index contributed by atoms with van der Waals surface area (Å²) in [7, 11) is 1.49. The number of carbonyl (C=O) groups excluding carboxylic acids is 2. The molecule has 24 heavy (non-hydrogen) atoms. The number of methoxy groups -OCH3 is 1. The lowest BCUT2D eigenvalue weighted by Crippen LogP contribution is -2.27. The minimum Gasteiger partial charge on any atom is -0.495 e. The van der Waals surface area contributed by atoms with E-state index in [-0.39, 0.29) is 37.6 Å². The molecule has 0 saturated heterocycles. The van der Waals surface area contributed by atoms with Crippen LogP contribution in [-0.2, 0) is 14.4 Å². The molecule has 0 heterocycles. The summed E-state index contributed by atoms with van der Waals surface area (Å²) in [5.74, 6) is -0.853. The molecule has 8 heteroatoms. The van der Waals surface area contributed by atoms with E-state index in [0.717, 1.165) is 0 Å². The molecule has 3 N–H and O–H groups in total. The zero-order chi connectivity index (χ0) is 17.9. The SMILES string of the molecule is COc1ccc(Cl)cc1NC(=O)CCNC(=O)CCCCC(=O)O. The average Bonchev–Trinajstić information content (AvgIpc) is 2.51. The van der Waals surface area contributed by atoms with Crippen LogP contribution in [0, 0.1) is 0 Å². The van der Waals surface area contributed by atoms with E-state index in [4.69, 9.17) is 21.4 Å². The smallest absolute Gasteiger partial charge is 0.303 e. The number of amides is 2. The fourth-order valence-electron chi connectivity index (χ4n) is 1.96. The third-order valence-electron chi connectivity index (χ3n) is 3.15. The number of unbranched alkanes of at least 4 members (excludes halogenated alkanes) is 1. The Labute approximate surface area is 145 Å². The molecule has 0 aliphatic carbocycles. The first-order chi connectivity index (χ1) is 11.4. The number of hydrogen-bond acceptors (Lipinski definition) is 4. The highest BCUT2D eigenvalue weighted by molar-refractivity contribution is 6.31. The normalized spacial score (nSPS) is 10.1. The Morgan fingerprint density at radius 3 is 2.50 bits per heavy atom. The topological polar surface area (TPSA) is 105 Å². The molecule has 0 radical (unpaired) electrons. The Morgan fingerprint density at radius 2 is 1.83 bits per heavy atom. The van der Waals surface area contributed by atoms with Crippen molar-refractivity contribution in [3.05, 3.63) is 23.2 Å². The summed E-state index contributed by atoms with van der Waals surface area (Å²) in [6.45, 7) is 0.201. The van der Waals surface area contributed by atoms with Crippen LogP contribution in [0.1, 0.15) is 32.1 Å². The summed E-state index contributed by atoms with van der Waals surface area (Å²) in [4.78, 5) is 33.8. The molecule has 0 bridgehead atoms. The molecule has 0 aliphatic rings. The number of carboxylic acids is 1. The van der Waals surface area contributed by atoms with Crippen LogP contribution in [0.2, 0.25) is 5.02 Å². The maximum Gasteiger partial charge on any atom is 0.303 e. The molecule has 2 amide bonds. The van der Waals surface area contributed by atoms with E-state index in [1.165, 1.54) is 7.11 Å². The van der Waals surface area contributed by atoms with E-state index in [1.807, 2.05) is 0 Å². The fourth-order valence-corrected chi connectivity index (χ4v) is 2.13. The number of rotatable bonds is 10. The Balaban J connectivity index is 2.28. The van der Waals surface area contributed by atoms with Crippen molar-refractivity contribution >= 4 is 35.1 Å². The van der Waals surface area contributed by atoms with E-state index < -0.39 is 5.97 Å². The maximum absolute atomic E-state index is 11.9. The first kappa shape index (κ1) is 19.8. The lowest BCUT2D eigenvalue weighted by molar-refractivity contribution is -0.137. The number of ether oxygens (including phenoxy) is 1. The summed E-state index contributed by atoms with van der Waals surface area (Å²) in [5, 5.41) is 14.3. The first-order valence-electron chi connectivity index (χ1n) is 7.54. The molecule has 0 aliphatic heterocycles. The molecule has 7 nitrogen and oxygen atoms in total. The van der Waals surface area contributed by atoms with Crippen LogP contribution in [0.5, 0.6) is 5.75 Å². The highest BCUT2D eigenvalue weighted by atomic mass is 35.5. The molecule has 0 spiro atoms. The number of anilines is 1. The van der Waals surface area contributed by atoms with Crippen LogP contribution in [0.4, 0.5) is 5.69 Å². The zero-order valence-corrected chi connectivity index (χ0v) is 14.2. The van der Waals surface area contributed by atoms with Gasteiger partial charge in [0.2, 0.25) is 11.8 Å². The summed E-state index contributed by atoms with van der Waals surface area (Å²) in [6.07, 6.45) is 1.37. The second kappa shape index (κ2) is 10.5. The predicted molar refractivity (Wildman–Crippen MR) is 90.4 cm³/mol. The number of carboxylic acid groups (broad SMARTS) is 1. The van der Waals surface area contributed by atoms with E-state index in [2.05, 4.69) is 10.6 Å². The van der Waals surface area contributed by atoms with Crippen molar-refractivity contribution in [2.45, 2.75) is 32.1 Å². The summed E-state index contributed by atoms with van der Waals surface area (Å²) in [6, 6.07) is 4.89. The zero-order valence-electron chi connectivity index (χ0n) is 13.4. The van der Waals surface area contributed by atoms with Gasteiger partial charge < -0.3 is 20.5 Å². The van der Waals surface area contributed by atoms with Gasteiger partial charge in [0, 0.05) is 30.8 Å². The second-order valence-corrected chi connectivity index (χ2v) is 5.53. The second-order valence-electron chi connectivity index (χ2n) is 5.09. The molecule has 132 valence electrons. The van der Waals surface area contributed by atoms with Gasteiger partial charge in [-0.1, -0.05) is 11.6 Å². The molecule has 1 aromatic carbocycles. The monoisotopic (exact) mass is 356 g/mol. The summed E-state index contributed by atoms with van der Waals surface area (Å²) in [5.41, 5.74) is 0.468. The number of halogens is 1. The van der Waals surface area contributed by atoms with E-state index in [9.17, 15) is 14.4 Å². The minimum absolute atomic E-state index is 0.0527. The maximum atomic E-state index is 11.9. The van der Waals surface area contributed by atoms with Crippen LogP contribution >= 0.6 is 11.6 Å². The number of benzene rings is 1. The van der Waals surface area contributed by atoms with Gasteiger partial charge in [-0.05, 0) is 31.0 Å². The molecular formula is C16H21ClN2O5. The van der Waals surface area contributed by atoms with E-state index >= 15 is 0 Å². The Bertz CT molecular complexity index is 592. The molecule has 0 unspecified atom stereocenters. The Kier molecular flexibility index (Phi) is 8.64. The van der Waals surface area contributed by atoms with E-state index in [1.54, 1.807) is 18.2 Å². The average molecular weight is 357 g/mol. The molecule has 0 saturated carbocycles. The van der Waals surface area contributed by atoms with Crippen LogP contribution in [0.15, 0.2) is 18.2 Å². The van der Waals surface area contributed by atoms with Crippen LogP contribution in [-0.4, -0.2) is 36.5 Å². The molecular weight excluding hydrogens is 336 g/mol.